The van der Waals surface area contributed by atoms with Crippen LogP contribution in [-0.2, 0) is 14.8 Å². The van der Waals surface area contributed by atoms with Crippen LogP contribution in [0, 0.1) is 0 Å². The molecule has 0 saturated heterocycles. The highest BCUT2D eigenvalue weighted by Crippen LogP contribution is 2.32. The molecule has 6 nitrogen and oxygen atoms in total. The monoisotopic (exact) mass is 470 g/mol. The average Bonchev–Trinajstić information content (AvgIpc) is 2.59. The lowest BCUT2D eigenvalue weighted by Gasteiger charge is -2.18. The highest BCUT2D eigenvalue weighted by molar-refractivity contribution is 7.89. The molecule has 0 atom stereocenters. The lowest BCUT2D eigenvalue weighted by molar-refractivity contribution is -0.116. The van der Waals surface area contributed by atoms with E-state index in [4.69, 9.17) is 51.1 Å². The summed E-state index contributed by atoms with van der Waals surface area (Å²) >= 11 is 23.7. The van der Waals surface area contributed by atoms with E-state index < -0.39 is 22.5 Å². The van der Waals surface area contributed by atoms with Gasteiger partial charge in [-0.1, -0.05) is 46.4 Å². The van der Waals surface area contributed by atoms with Gasteiger partial charge in [0.1, 0.15) is 5.75 Å². The molecule has 0 radical (unpaired) electrons. The molecule has 0 saturated carbocycles. The van der Waals surface area contributed by atoms with Crippen LogP contribution >= 0.6 is 46.4 Å². The zero-order valence-electron chi connectivity index (χ0n) is 14.1. The van der Waals surface area contributed by atoms with Gasteiger partial charge in [-0.2, -0.15) is 4.31 Å². The summed E-state index contributed by atoms with van der Waals surface area (Å²) in [5.74, 6) is -0.272. The first-order valence-corrected chi connectivity index (χ1v) is 10.3. The van der Waals surface area contributed by atoms with Crippen LogP contribution in [0.15, 0.2) is 35.2 Å². The molecule has 27 heavy (non-hydrogen) atoms. The second-order valence-corrected chi connectivity index (χ2v) is 9.03. The molecule has 0 fully saturated rings. The number of nitrogens with zero attached hydrogens (tertiary/aromatic N) is 1. The lowest BCUT2D eigenvalue weighted by atomic mass is 10.3. The Kier molecular flexibility index (Phi) is 7.24. The van der Waals surface area contributed by atoms with Crippen LogP contribution < -0.4 is 10.1 Å². The number of likely N-dealkylation sites (N-methyl/N-ethyl adjacent to an activating group) is 1. The molecule has 1 amide bonds. The highest BCUT2D eigenvalue weighted by Gasteiger charge is 2.24. The maximum atomic E-state index is 12.6. The van der Waals surface area contributed by atoms with Gasteiger partial charge in [-0.25, -0.2) is 8.42 Å². The second kappa shape index (κ2) is 8.86. The van der Waals surface area contributed by atoms with Gasteiger partial charge in [-0.15, -0.1) is 0 Å². The first kappa shape index (κ1) is 22.1. The minimum atomic E-state index is -3.95. The number of methoxy groups -OCH3 is 1. The molecule has 0 bridgehead atoms. The summed E-state index contributed by atoms with van der Waals surface area (Å²) in [7, 11) is -1.26. The molecular weight excluding hydrogens is 458 g/mol. The molecule has 0 unspecified atom stereocenters. The normalized spacial score (nSPS) is 11.5. The van der Waals surface area contributed by atoms with Crippen LogP contribution in [0.3, 0.4) is 0 Å². The van der Waals surface area contributed by atoms with Gasteiger partial charge < -0.3 is 10.1 Å². The minimum Gasteiger partial charge on any atom is -0.495 e. The second-order valence-electron chi connectivity index (χ2n) is 5.35. The van der Waals surface area contributed by atoms with E-state index in [2.05, 4.69) is 5.32 Å². The summed E-state index contributed by atoms with van der Waals surface area (Å²) in [5, 5.41) is 3.24. The number of rotatable bonds is 6. The van der Waals surface area contributed by atoms with E-state index in [1.54, 1.807) is 0 Å². The van der Waals surface area contributed by atoms with Crippen molar-refractivity contribution in [3.05, 3.63) is 50.4 Å². The molecule has 0 heterocycles. The lowest BCUT2D eigenvalue weighted by Crippen LogP contribution is -2.35. The Morgan fingerprint density at radius 2 is 1.67 bits per heavy atom. The van der Waals surface area contributed by atoms with Gasteiger partial charge in [0.15, 0.2) is 0 Å². The Labute approximate surface area is 177 Å². The minimum absolute atomic E-state index is 0.0730. The summed E-state index contributed by atoms with van der Waals surface area (Å²) in [5.41, 5.74) is 0.217. The predicted molar refractivity (Wildman–Crippen MR) is 108 cm³/mol. The molecule has 0 aromatic heterocycles. The molecule has 0 aliphatic rings. The van der Waals surface area contributed by atoms with Crippen LogP contribution in [0.4, 0.5) is 5.69 Å². The molecule has 2 aromatic rings. The third kappa shape index (κ3) is 5.19. The third-order valence-corrected chi connectivity index (χ3v) is 6.61. The number of benzene rings is 2. The number of sulfonamides is 1. The Balaban J connectivity index is 2.15. The van der Waals surface area contributed by atoms with Gasteiger partial charge >= 0.3 is 0 Å². The number of carbonyl (C=O) groups excluding carboxylic acids is 1. The number of ether oxygens (including phenoxy) is 1. The van der Waals surface area contributed by atoms with Crippen LogP contribution in [0.25, 0.3) is 0 Å². The SMILES string of the molecule is COc1ccc(S(=O)(=O)N(C)CC(=O)Nc2cc(Cl)c(Cl)cc2Cl)cc1Cl. The van der Waals surface area contributed by atoms with Crippen molar-refractivity contribution in [2.45, 2.75) is 4.90 Å². The van der Waals surface area contributed by atoms with Gasteiger partial charge in [0.2, 0.25) is 15.9 Å². The van der Waals surface area contributed by atoms with Crippen LogP contribution in [-0.4, -0.2) is 39.3 Å². The van der Waals surface area contributed by atoms with Crippen molar-refractivity contribution in [3.8, 4) is 5.75 Å². The summed E-state index contributed by atoms with van der Waals surface area (Å²) in [6.07, 6.45) is 0. The van der Waals surface area contributed by atoms with Crippen molar-refractivity contribution < 1.29 is 17.9 Å². The maximum Gasteiger partial charge on any atom is 0.243 e. The van der Waals surface area contributed by atoms with E-state index in [0.717, 1.165) is 4.31 Å². The van der Waals surface area contributed by atoms with E-state index in [-0.39, 0.29) is 30.7 Å². The molecule has 2 aromatic carbocycles. The summed E-state index contributed by atoms with van der Waals surface area (Å²) in [4.78, 5) is 12.1. The quantitative estimate of drug-likeness (QED) is 0.626. The molecule has 0 spiro atoms. The number of anilines is 1. The van der Waals surface area contributed by atoms with Gasteiger partial charge in [-0.05, 0) is 30.3 Å². The van der Waals surface area contributed by atoms with Gasteiger partial charge in [0.05, 0.1) is 44.3 Å². The zero-order valence-corrected chi connectivity index (χ0v) is 17.9. The van der Waals surface area contributed by atoms with E-state index in [0.29, 0.717) is 5.75 Å². The smallest absolute Gasteiger partial charge is 0.243 e. The Morgan fingerprint density at radius 3 is 2.26 bits per heavy atom. The van der Waals surface area contributed by atoms with Crippen molar-refractivity contribution in [2.75, 3.05) is 26.0 Å². The van der Waals surface area contributed by atoms with Crippen molar-refractivity contribution in [2.24, 2.45) is 0 Å². The van der Waals surface area contributed by atoms with Crippen molar-refractivity contribution in [3.63, 3.8) is 0 Å². The number of amides is 1. The summed E-state index contributed by atoms with van der Waals surface area (Å²) in [6.45, 7) is -0.456. The Hall–Kier alpha value is -1.22. The Bertz CT molecular complexity index is 983. The summed E-state index contributed by atoms with van der Waals surface area (Å²) in [6, 6.07) is 6.77. The van der Waals surface area contributed by atoms with E-state index >= 15 is 0 Å². The molecule has 1 N–H and O–H groups in total. The van der Waals surface area contributed by atoms with Crippen LogP contribution in [0.5, 0.6) is 5.75 Å². The number of hydrogen-bond donors (Lipinski definition) is 1. The molecule has 11 heteroatoms. The third-order valence-electron chi connectivity index (χ3n) is 3.48. The summed E-state index contributed by atoms with van der Waals surface area (Å²) < 4.78 is 31.1. The molecule has 2 rings (SSSR count). The fourth-order valence-electron chi connectivity index (χ4n) is 2.08. The van der Waals surface area contributed by atoms with Crippen LogP contribution in [0.1, 0.15) is 0 Å². The molecule has 0 aliphatic carbocycles. The van der Waals surface area contributed by atoms with Gasteiger partial charge in [0, 0.05) is 7.05 Å². The van der Waals surface area contributed by atoms with Crippen LogP contribution in [0.2, 0.25) is 20.1 Å². The molecule has 146 valence electrons. The first-order chi connectivity index (χ1) is 12.6. The van der Waals surface area contributed by atoms with Crippen molar-refractivity contribution >= 4 is 68.0 Å². The highest BCUT2D eigenvalue weighted by atomic mass is 35.5. The number of nitrogens with one attached hydrogen (secondary N) is 1. The number of carbonyl (C=O) groups is 1. The van der Waals surface area contributed by atoms with Crippen molar-refractivity contribution in [1.29, 1.82) is 0 Å². The number of halogens is 4. The number of hydrogen-bond acceptors (Lipinski definition) is 4. The fourth-order valence-corrected chi connectivity index (χ4v) is 4.15. The van der Waals surface area contributed by atoms with Gasteiger partial charge in [0.25, 0.3) is 0 Å². The molecular formula is C16H14Cl4N2O4S. The maximum absolute atomic E-state index is 12.6. The van der Waals surface area contributed by atoms with E-state index in [1.807, 2.05) is 0 Å². The van der Waals surface area contributed by atoms with E-state index in [1.165, 1.54) is 44.5 Å². The Morgan fingerprint density at radius 1 is 1.04 bits per heavy atom. The standard InChI is InChI=1S/C16H14Cl4N2O4S/c1-22(27(24,25)9-3-4-15(26-2)13(20)5-9)8-16(23)21-14-7-11(18)10(17)6-12(14)19/h3-7H,8H2,1-2H3,(H,21,23). The average molecular weight is 472 g/mol. The van der Waals surface area contributed by atoms with E-state index in [9.17, 15) is 13.2 Å². The fraction of sp³-hybridized carbons (Fsp3) is 0.188. The topological polar surface area (TPSA) is 75.7 Å². The predicted octanol–water partition coefficient (Wildman–Crippen LogP) is 4.57. The molecule has 0 aliphatic heterocycles. The largest absolute Gasteiger partial charge is 0.495 e. The first-order valence-electron chi connectivity index (χ1n) is 7.30. The zero-order chi connectivity index (χ0) is 20.4. The van der Waals surface area contributed by atoms with Gasteiger partial charge in [-0.3, -0.25) is 4.79 Å². The van der Waals surface area contributed by atoms with Crippen molar-refractivity contribution in [1.82, 2.24) is 4.31 Å².